The van der Waals surface area contributed by atoms with E-state index in [4.69, 9.17) is 9.47 Å². The van der Waals surface area contributed by atoms with Gasteiger partial charge in [-0.2, -0.15) is 5.10 Å². The number of hydrogen-bond acceptors (Lipinski definition) is 5. The normalized spacial score (nSPS) is 18.6. The Morgan fingerprint density at radius 3 is 2.67 bits per heavy atom. The summed E-state index contributed by atoms with van der Waals surface area (Å²) in [6.07, 6.45) is 0.513. The molecule has 1 aromatic rings. The molecular formula is C15H23FN4O4. The molecule has 1 atom stereocenters. The summed E-state index contributed by atoms with van der Waals surface area (Å²) in [4.78, 5) is 27.7. The topological polar surface area (TPSA) is 87.8 Å². The number of aromatic nitrogens is 2. The van der Waals surface area contributed by atoms with Crippen LogP contribution < -0.4 is 0 Å². The number of methoxy groups -OCH3 is 1. The Balaban J connectivity index is 2.09. The van der Waals surface area contributed by atoms with Gasteiger partial charge in [-0.3, -0.25) is 9.89 Å². The molecule has 0 spiro atoms. The van der Waals surface area contributed by atoms with Crippen molar-refractivity contribution in [3.63, 3.8) is 0 Å². The molecule has 134 valence electrons. The van der Waals surface area contributed by atoms with E-state index in [1.807, 2.05) is 0 Å². The molecule has 1 fully saturated rings. The van der Waals surface area contributed by atoms with E-state index in [9.17, 15) is 14.0 Å². The Hall–Kier alpha value is -2.16. The molecule has 2 rings (SSSR count). The van der Waals surface area contributed by atoms with Crippen LogP contribution in [-0.4, -0.2) is 77.0 Å². The van der Waals surface area contributed by atoms with E-state index in [-0.39, 0.29) is 25.4 Å². The van der Waals surface area contributed by atoms with E-state index in [0.29, 0.717) is 6.54 Å². The molecule has 1 N–H and O–H groups in total. The summed E-state index contributed by atoms with van der Waals surface area (Å²) < 4.78 is 24.1. The summed E-state index contributed by atoms with van der Waals surface area (Å²) in [5.74, 6) is -1.21. The van der Waals surface area contributed by atoms with Crippen LogP contribution in [0.15, 0.2) is 6.20 Å². The van der Waals surface area contributed by atoms with E-state index in [1.54, 1.807) is 20.8 Å². The summed E-state index contributed by atoms with van der Waals surface area (Å²) in [5.41, 5.74) is -0.790. The van der Waals surface area contributed by atoms with Crippen LogP contribution in [0.2, 0.25) is 0 Å². The fourth-order valence-electron chi connectivity index (χ4n) is 2.52. The summed E-state index contributed by atoms with van der Waals surface area (Å²) in [6.45, 7) is 6.40. The molecule has 0 aromatic carbocycles. The van der Waals surface area contributed by atoms with E-state index in [0.717, 1.165) is 6.20 Å². The fraction of sp³-hybridized carbons (Fsp3) is 0.667. The van der Waals surface area contributed by atoms with Crippen molar-refractivity contribution in [1.82, 2.24) is 20.0 Å². The van der Waals surface area contributed by atoms with Crippen LogP contribution in [-0.2, 0) is 9.47 Å². The standard InChI is InChI=1S/C15H23FN4O4/c1-15(2,3)24-14(22)19-5-6-20(10(8-19)9-23-4)13(21)12-11(16)7-17-18-12/h7,10H,5-6,8-9H2,1-4H3,(H,17,18). The second-order valence-corrected chi connectivity index (χ2v) is 6.63. The average molecular weight is 342 g/mol. The van der Waals surface area contributed by atoms with Crippen LogP contribution in [0.4, 0.5) is 9.18 Å². The van der Waals surface area contributed by atoms with Gasteiger partial charge in [-0.15, -0.1) is 0 Å². The number of hydrogen-bond donors (Lipinski definition) is 1. The second-order valence-electron chi connectivity index (χ2n) is 6.63. The van der Waals surface area contributed by atoms with Gasteiger partial charge in [0, 0.05) is 26.7 Å². The molecule has 1 aliphatic heterocycles. The van der Waals surface area contributed by atoms with E-state index in [2.05, 4.69) is 10.2 Å². The van der Waals surface area contributed by atoms with E-state index < -0.39 is 29.5 Å². The number of carbonyl (C=O) groups excluding carboxylic acids is 2. The Morgan fingerprint density at radius 2 is 2.12 bits per heavy atom. The number of nitrogens with zero attached hydrogens (tertiary/aromatic N) is 3. The van der Waals surface area contributed by atoms with Gasteiger partial charge in [0.1, 0.15) is 5.60 Å². The first-order chi connectivity index (χ1) is 11.2. The number of nitrogens with one attached hydrogen (secondary N) is 1. The molecule has 0 bridgehead atoms. The lowest BCUT2D eigenvalue weighted by Crippen LogP contribution is -2.58. The quantitative estimate of drug-likeness (QED) is 0.893. The largest absolute Gasteiger partial charge is 0.444 e. The average Bonchev–Trinajstić information content (AvgIpc) is 2.91. The molecule has 9 heteroatoms. The lowest BCUT2D eigenvalue weighted by atomic mass is 10.1. The van der Waals surface area contributed by atoms with Gasteiger partial charge >= 0.3 is 6.09 Å². The molecule has 2 amide bonds. The number of rotatable bonds is 3. The minimum atomic E-state index is -0.703. The zero-order valence-corrected chi connectivity index (χ0v) is 14.3. The highest BCUT2D eigenvalue weighted by Gasteiger charge is 2.35. The predicted molar refractivity (Wildman–Crippen MR) is 83.1 cm³/mol. The molecule has 0 radical (unpaired) electrons. The summed E-state index contributed by atoms with van der Waals surface area (Å²) in [5, 5.41) is 5.90. The zero-order chi connectivity index (χ0) is 17.9. The van der Waals surface area contributed by atoms with Crippen molar-refractivity contribution < 1.29 is 23.5 Å². The van der Waals surface area contributed by atoms with Gasteiger partial charge < -0.3 is 19.3 Å². The van der Waals surface area contributed by atoms with Crippen molar-refractivity contribution >= 4 is 12.0 Å². The third-order valence-corrected chi connectivity index (χ3v) is 3.56. The fourth-order valence-corrected chi connectivity index (χ4v) is 2.52. The van der Waals surface area contributed by atoms with Gasteiger partial charge in [0.15, 0.2) is 11.5 Å². The molecule has 1 aliphatic rings. The predicted octanol–water partition coefficient (Wildman–Crippen LogP) is 1.26. The Bertz CT molecular complexity index is 599. The maximum Gasteiger partial charge on any atom is 0.410 e. The van der Waals surface area contributed by atoms with Crippen LogP contribution in [0.3, 0.4) is 0 Å². The van der Waals surface area contributed by atoms with Gasteiger partial charge in [0.2, 0.25) is 0 Å². The highest BCUT2D eigenvalue weighted by Crippen LogP contribution is 2.18. The second kappa shape index (κ2) is 7.16. The SMILES string of the molecule is COCC1CN(C(=O)OC(C)(C)C)CCN1C(=O)c1[nH]ncc1F. The molecular weight excluding hydrogens is 319 g/mol. The molecule has 1 aromatic heterocycles. The highest BCUT2D eigenvalue weighted by molar-refractivity contribution is 5.93. The number of aromatic amines is 1. The smallest absolute Gasteiger partial charge is 0.410 e. The minimum absolute atomic E-state index is 0.193. The van der Waals surface area contributed by atoms with Gasteiger partial charge in [0.05, 0.1) is 18.8 Å². The van der Waals surface area contributed by atoms with Gasteiger partial charge in [-0.05, 0) is 20.8 Å². The van der Waals surface area contributed by atoms with Crippen molar-refractivity contribution in [2.75, 3.05) is 33.4 Å². The third kappa shape index (κ3) is 4.22. The number of halogens is 1. The Kier molecular flexibility index (Phi) is 5.43. The molecule has 24 heavy (non-hydrogen) atoms. The van der Waals surface area contributed by atoms with Crippen LogP contribution in [0.1, 0.15) is 31.3 Å². The minimum Gasteiger partial charge on any atom is -0.444 e. The number of ether oxygens (including phenoxy) is 2. The van der Waals surface area contributed by atoms with E-state index in [1.165, 1.54) is 16.9 Å². The lowest BCUT2D eigenvalue weighted by molar-refractivity contribution is -0.00644. The van der Waals surface area contributed by atoms with Gasteiger partial charge in [-0.25, -0.2) is 9.18 Å². The number of carbonyl (C=O) groups is 2. The van der Waals surface area contributed by atoms with Gasteiger partial charge in [0.25, 0.3) is 5.91 Å². The monoisotopic (exact) mass is 342 g/mol. The van der Waals surface area contributed by atoms with Crippen molar-refractivity contribution in [3.8, 4) is 0 Å². The lowest BCUT2D eigenvalue weighted by Gasteiger charge is -2.41. The van der Waals surface area contributed by atoms with Crippen molar-refractivity contribution in [2.45, 2.75) is 32.4 Å². The summed E-state index contributed by atoms with van der Waals surface area (Å²) >= 11 is 0. The molecule has 1 saturated heterocycles. The molecule has 1 unspecified atom stereocenters. The van der Waals surface area contributed by atoms with E-state index >= 15 is 0 Å². The Morgan fingerprint density at radius 1 is 1.42 bits per heavy atom. The summed E-state index contributed by atoms with van der Waals surface area (Å²) in [6, 6.07) is -0.397. The van der Waals surface area contributed by atoms with Crippen LogP contribution in [0.5, 0.6) is 0 Å². The molecule has 2 heterocycles. The van der Waals surface area contributed by atoms with Crippen molar-refractivity contribution in [3.05, 3.63) is 17.7 Å². The number of piperazine rings is 1. The third-order valence-electron chi connectivity index (χ3n) is 3.56. The van der Waals surface area contributed by atoms with Crippen molar-refractivity contribution in [1.29, 1.82) is 0 Å². The number of amides is 2. The first-order valence-corrected chi connectivity index (χ1v) is 7.69. The number of H-pyrrole nitrogens is 1. The maximum absolute atomic E-state index is 13.6. The van der Waals surface area contributed by atoms with Crippen LogP contribution >= 0.6 is 0 Å². The first-order valence-electron chi connectivity index (χ1n) is 7.69. The van der Waals surface area contributed by atoms with Crippen LogP contribution in [0, 0.1) is 5.82 Å². The van der Waals surface area contributed by atoms with Crippen LogP contribution in [0.25, 0.3) is 0 Å². The molecule has 8 nitrogen and oxygen atoms in total. The molecule has 0 aliphatic carbocycles. The first kappa shape index (κ1) is 18.2. The van der Waals surface area contributed by atoms with Gasteiger partial charge in [-0.1, -0.05) is 0 Å². The zero-order valence-electron chi connectivity index (χ0n) is 14.3. The maximum atomic E-state index is 13.6. The summed E-state index contributed by atoms with van der Waals surface area (Å²) in [7, 11) is 1.51. The van der Waals surface area contributed by atoms with Crippen molar-refractivity contribution in [2.24, 2.45) is 0 Å². The molecule has 0 saturated carbocycles. The Labute approximate surface area is 139 Å². The highest BCUT2D eigenvalue weighted by atomic mass is 19.1.